The fraction of sp³-hybridized carbons (Fsp3) is 0.350. The monoisotopic (exact) mass is 358 g/mol. The van der Waals surface area contributed by atoms with Crippen molar-refractivity contribution < 1.29 is 9.90 Å². The minimum absolute atomic E-state index is 0.0181. The Labute approximate surface area is 153 Å². The average molecular weight is 359 g/mol. The van der Waals surface area contributed by atoms with E-state index in [1.54, 1.807) is 6.07 Å². The van der Waals surface area contributed by atoms with E-state index < -0.39 is 0 Å². The number of nitrogens with zero attached hydrogens (tertiary/aromatic N) is 2. The van der Waals surface area contributed by atoms with Crippen molar-refractivity contribution >= 4 is 17.5 Å². The largest absolute Gasteiger partial charge is 0.507 e. The number of aromatic hydroxyl groups is 1. The second kappa shape index (κ2) is 7.89. The van der Waals surface area contributed by atoms with Crippen molar-refractivity contribution in [3.05, 3.63) is 64.2 Å². The summed E-state index contributed by atoms with van der Waals surface area (Å²) in [6.45, 7) is 6.15. The van der Waals surface area contributed by atoms with E-state index in [4.69, 9.17) is 11.6 Å². The van der Waals surface area contributed by atoms with Gasteiger partial charge in [0.1, 0.15) is 5.75 Å². The molecule has 0 aliphatic carbocycles. The van der Waals surface area contributed by atoms with Crippen molar-refractivity contribution in [3.63, 3.8) is 0 Å². The van der Waals surface area contributed by atoms with E-state index in [0.29, 0.717) is 18.1 Å². The molecule has 1 aliphatic rings. The van der Waals surface area contributed by atoms with Crippen LogP contribution in [0.5, 0.6) is 5.75 Å². The highest BCUT2D eigenvalue weighted by atomic mass is 35.5. The zero-order chi connectivity index (χ0) is 17.8. The average Bonchev–Trinajstić information content (AvgIpc) is 2.84. The van der Waals surface area contributed by atoms with E-state index in [-0.39, 0.29) is 17.2 Å². The number of carbonyl (C=O) groups excluding carboxylic acids is 1. The van der Waals surface area contributed by atoms with Crippen molar-refractivity contribution in [2.45, 2.75) is 19.9 Å². The lowest BCUT2D eigenvalue weighted by molar-refractivity contribution is 0.0758. The Kier molecular flexibility index (Phi) is 5.61. The molecule has 4 nitrogen and oxygen atoms in total. The number of aryl methyl sites for hydroxylation is 1. The fourth-order valence-electron chi connectivity index (χ4n) is 3.21. The molecule has 1 saturated heterocycles. The van der Waals surface area contributed by atoms with Gasteiger partial charge in [-0.15, -0.1) is 0 Å². The lowest BCUT2D eigenvalue weighted by atomic mass is 10.1. The first-order valence-corrected chi connectivity index (χ1v) is 8.97. The van der Waals surface area contributed by atoms with Gasteiger partial charge in [-0.05, 0) is 42.7 Å². The molecule has 0 atom stereocenters. The Morgan fingerprint density at radius 3 is 2.72 bits per heavy atom. The first kappa shape index (κ1) is 17.8. The van der Waals surface area contributed by atoms with Crippen LogP contribution in [0.25, 0.3) is 0 Å². The van der Waals surface area contributed by atoms with Crippen LogP contribution in [0.4, 0.5) is 0 Å². The summed E-state index contributed by atoms with van der Waals surface area (Å²) >= 11 is 5.97. The zero-order valence-corrected chi connectivity index (χ0v) is 15.2. The molecule has 3 rings (SSSR count). The Balaban J connectivity index is 1.66. The maximum atomic E-state index is 12.7. The summed E-state index contributed by atoms with van der Waals surface area (Å²) in [5, 5.41) is 10.4. The fourth-order valence-corrected chi connectivity index (χ4v) is 3.38. The smallest absolute Gasteiger partial charge is 0.257 e. The van der Waals surface area contributed by atoms with Crippen LogP contribution in [0, 0.1) is 6.92 Å². The number of benzene rings is 2. The third-order valence-corrected chi connectivity index (χ3v) is 4.96. The number of carbonyl (C=O) groups is 1. The molecule has 0 spiro atoms. The van der Waals surface area contributed by atoms with Crippen molar-refractivity contribution in [1.82, 2.24) is 9.80 Å². The van der Waals surface area contributed by atoms with E-state index in [2.05, 4.69) is 36.1 Å². The van der Waals surface area contributed by atoms with Crippen LogP contribution in [0.2, 0.25) is 5.02 Å². The van der Waals surface area contributed by atoms with Crippen LogP contribution in [0.15, 0.2) is 42.5 Å². The highest BCUT2D eigenvalue weighted by molar-refractivity contribution is 6.31. The lowest BCUT2D eigenvalue weighted by Gasteiger charge is -2.23. The maximum absolute atomic E-state index is 12.7. The van der Waals surface area contributed by atoms with E-state index in [1.807, 2.05) is 4.90 Å². The topological polar surface area (TPSA) is 43.8 Å². The van der Waals surface area contributed by atoms with Gasteiger partial charge in [0, 0.05) is 37.7 Å². The van der Waals surface area contributed by atoms with Gasteiger partial charge in [-0.3, -0.25) is 9.69 Å². The highest BCUT2D eigenvalue weighted by Gasteiger charge is 2.22. The van der Waals surface area contributed by atoms with Crippen LogP contribution in [0.1, 0.15) is 27.9 Å². The number of rotatable bonds is 3. The Bertz CT molecular complexity index is 763. The quantitative estimate of drug-likeness (QED) is 0.909. The van der Waals surface area contributed by atoms with Gasteiger partial charge in [-0.1, -0.05) is 35.9 Å². The predicted octanol–water partition coefficient (Wildman–Crippen LogP) is 3.70. The maximum Gasteiger partial charge on any atom is 0.257 e. The summed E-state index contributed by atoms with van der Waals surface area (Å²) in [5.41, 5.74) is 2.90. The highest BCUT2D eigenvalue weighted by Crippen LogP contribution is 2.23. The molecule has 0 unspecified atom stereocenters. The van der Waals surface area contributed by atoms with Gasteiger partial charge in [0.25, 0.3) is 5.91 Å². The molecule has 1 amide bonds. The minimum atomic E-state index is -0.155. The van der Waals surface area contributed by atoms with Gasteiger partial charge in [-0.2, -0.15) is 0 Å². The summed E-state index contributed by atoms with van der Waals surface area (Å²) in [7, 11) is 0. The number of hydrogen-bond acceptors (Lipinski definition) is 3. The Morgan fingerprint density at radius 1 is 1.12 bits per heavy atom. The van der Waals surface area contributed by atoms with Gasteiger partial charge in [0.05, 0.1) is 5.56 Å². The molecule has 1 fully saturated rings. The van der Waals surface area contributed by atoms with Crippen LogP contribution >= 0.6 is 11.6 Å². The number of halogens is 1. The molecule has 2 aromatic carbocycles. The normalized spacial score (nSPS) is 15.8. The van der Waals surface area contributed by atoms with Crippen molar-refractivity contribution in [2.24, 2.45) is 0 Å². The molecule has 2 aromatic rings. The molecule has 0 saturated carbocycles. The molecule has 0 bridgehead atoms. The van der Waals surface area contributed by atoms with Gasteiger partial charge in [0.15, 0.2) is 0 Å². The molecule has 25 heavy (non-hydrogen) atoms. The molecule has 5 heteroatoms. The molecule has 1 heterocycles. The third-order valence-electron chi connectivity index (χ3n) is 4.72. The molecular formula is C20H23ClN2O2. The summed E-state index contributed by atoms with van der Waals surface area (Å²) in [4.78, 5) is 16.9. The first-order valence-electron chi connectivity index (χ1n) is 8.59. The summed E-state index contributed by atoms with van der Waals surface area (Å²) in [6.07, 6.45) is 0.916. The molecule has 0 aromatic heterocycles. The Morgan fingerprint density at radius 2 is 1.92 bits per heavy atom. The van der Waals surface area contributed by atoms with Crippen LogP contribution < -0.4 is 0 Å². The molecular weight excluding hydrogens is 336 g/mol. The SMILES string of the molecule is Cc1ccccc1CN1CCCN(C(=O)c2cc(Cl)ccc2O)CC1. The van der Waals surface area contributed by atoms with Crippen LogP contribution in [0.3, 0.4) is 0 Å². The zero-order valence-electron chi connectivity index (χ0n) is 14.4. The first-order chi connectivity index (χ1) is 12.0. The second-order valence-electron chi connectivity index (χ2n) is 6.51. The summed E-state index contributed by atoms with van der Waals surface area (Å²) < 4.78 is 0. The molecule has 1 N–H and O–H groups in total. The summed E-state index contributed by atoms with van der Waals surface area (Å²) in [5.74, 6) is -0.173. The number of amides is 1. The van der Waals surface area contributed by atoms with Crippen molar-refractivity contribution in [1.29, 1.82) is 0 Å². The second-order valence-corrected chi connectivity index (χ2v) is 6.95. The standard InChI is InChI=1S/C20H23ClN2O2/c1-15-5-2-3-6-16(15)14-22-9-4-10-23(12-11-22)20(25)18-13-17(21)7-8-19(18)24/h2-3,5-8,13,24H,4,9-12,14H2,1H3. The van der Waals surface area contributed by atoms with E-state index in [1.165, 1.54) is 23.3 Å². The van der Waals surface area contributed by atoms with Crippen LogP contribution in [-0.2, 0) is 6.54 Å². The van der Waals surface area contributed by atoms with Crippen molar-refractivity contribution in [3.8, 4) is 5.75 Å². The van der Waals surface area contributed by atoms with Gasteiger partial charge in [0.2, 0.25) is 0 Å². The van der Waals surface area contributed by atoms with Crippen molar-refractivity contribution in [2.75, 3.05) is 26.2 Å². The number of phenols is 1. The van der Waals surface area contributed by atoms with Gasteiger partial charge < -0.3 is 10.0 Å². The van der Waals surface area contributed by atoms with Gasteiger partial charge >= 0.3 is 0 Å². The molecule has 132 valence electrons. The van der Waals surface area contributed by atoms with E-state index in [0.717, 1.165) is 26.1 Å². The van der Waals surface area contributed by atoms with E-state index in [9.17, 15) is 9.90 Å². The molecule has 1 aliphatic heterocycles. The van der Waals surface area contributed by atoms with E-state index >= 15 is 0 Å². The lowest BCUT2D eigenvalue weighted by Crippen LogP contribution is -2.35. The molecule has 0 radical (unpaired) electrons. The third kappa shape index (κ3) is 4.33. The van der Waals surface area contributed by atoms with Gasteiger partial charge in [-0.25, -0.2) is 0 Å². The minimum Gasteiger partial charge on any atom is -0.507 e. The summed E-state index contributed by atoms with van der Waals surface area (Å²) in [6, 6.07) is 13.0. The predicted molar refractivity (Wildman–Crippen MR) is 100 cm³/mol. The number of hydrogen-bond donors (Lipinski definition) is 1. The number of phenolic OH excluding ortho intramolecular Hbond substituents is 1. The van der Waals surface area contributed by atoms with Crippen LogP contribution in [-0.4, -0.2) is 47.0 Å². The Hall–Kier alpha value is -2.04.